The molecule has 1 heterocycles. The predicted octanol–water partition coefficient (Wildman–Crippen LogP) is 4.68. The van der Waals surface area contributed by atoms with Gasteiger partial charge in [0.05, 0.1) is 11.2 Å². The van der Waals surface area contributed by atoms with Gasteiger partial charge in [-0.15, -0.1) is 11.3 Å². The molecule has 1 nitrogen and oxygen atoms in total. The molecule has 0 saturated carbocycles. The molecule has 1 atom stereocenters. The molecule has 2 heteroatoms. The molecule has 0 aliphatic carbocycles. The summed E-state index contributed by atoms with van der Waals surface area (Å²) in [5, 5.41) is 2.19. The molecule has 1 aromatic rings. The second-order valence-corrected chi connectivity index (χ2v) is 5.03. The molecular formula is C13H23NS. The van der Waals surface area contributed by atoms with Crippen molar-refractivity contribution in [3.8, 4) is 0 Å². The van der Waals surface area contributed by atoms with Crippen LogP contribution in [0.4, 0.5) is 0 Å². The van der Waals surface area contributed by atoms with E-state index in [9.17, 15) is 0 Å². The molecule has 1 unspecified atom stereocenters. The topological polar surface area (TPSA) is 12.9 Å². The van der Waals surface area contributed by atoms with Crippen LogP contribution >= 0.6 is 11.3 Å². The maximum Gasteiger partial charge on any atom is 0.0794 e. The van der Waals surface area contributed by atoms with E-state index >= 15 is 0 Å². The van der Waals surface area contributed by atoms with E-state index in [-0.39, 0.29) is 0 Å². The first-order valence-corrected chi connectivity index (χ1v) is 7.18. The van der Waals surface area contributed by atoms with Crippen LogP contribution in [0.5, 0.6) is 0 Å². The van der Waals surface area contributed by atoms with E-state index in [1.54, 1.807) is 11.3 Å². The summed E-state index contributed by atoms with van der Waals surface area (Å²) in [6, 6.07) is 0. The molecular weight excluding hydrogens is 202 g/mol. The molecule has 1 aromatic heterocycles. The minimum absolute atomic E-state index is 0.851. The predicted molar refractivity (Wildman–Crippen MR) is 68.4 cm³/mol. The Hall–Kier alpha value is -0.370. The Morgan fingerprint density at radius 2 is 2.13 bits per heavy atom. The molecule has 0 bridgehead atoms. The summed E-state index contributed by atoms with van der Waals surface area (Å²) in [5.74, 6) is 0.851. The van der Waals surface area contributed by atoms with Gasteiger partial charge in [-0.25, -0.2) is 4.98 Å². The molecule has 1 rings (SSSR count). The van der Waals surface area contributed by atoms with Gasteiger partial charge >= 0.3 is 0 Å². The summed E-state index contributed by atoms with van der Waals surface area (Å²) < 4.78 is 0. The Bertz CT molecular complexity index is 231. The van der Waals surface area contributed by atoms with Gasteiger partial charge in [-0.1, -0.05) is 52.4 Å². The fourth-order valence-electron chi connectivity index (χ4n) is 1.94. The molecule has 86 valence electrons. The van der Waals surface area contributed by atoms with Gasteiger partial charge < -0.3 is 0 Å². The molecule has 0 N–H and O–H groups in total. The van der Waals surface area contributed by atoms with Gasteiger partial charge in [0.15, 0.2) is 0 Å². The fourth-order valence-corrected chi connectivity index (χ4v) is 2.52. The fraction of sp³-hybridized carbons (Fsp3) is 0.769. The zero-order valence-electron chi connectivity index (χ0n) is 10.0. The Morgan fingerprint density at radius 1 is 1.27 bits per heavy atom. The first kappa shape index (κ1) is 12.7. The number of rotatable bonds is 8. The van der Waals surface area contributed by atoms with Crippen molar-refractivity contribution in [2.45, 2.75) is 58.8 Å². The van der Waals surface area contributed by atoms with E-state index in [2.05, 4.69) is 24.2 Å². The summed E-state index contributed by atoms with van der Waals surface area (Å²) >= 11 is 1.71. The van der Waals surface area contributed by atoms with Crippen molar-refractivity contribution in [3.63, 3.8) is 0 Å². The van der Waals surface area contributed by atoms with Gasteiger partial charge in [0.2, 0.25) is 0 Å². The van der Waals surface area contributed by atoms with Crippen LogP contribution < -0.4 is 0 Å². The van der Waals surface area contributed by atoms with E-state index in [0.717, 1.165) is 5.92 Å². The molecule has 0 spiro atoms. The Morgan fingerprint density at radius 3 is 2.73 bits per heavy atom. The van der Waals surface area contributed by atoms with Crippen LogP contribution in [0.3, 0.4) is 0 Å². The number of hydrogen-bond donors (Lipinski definition) is 0. The second kappa shape index (κ2) is 7.86. The van der Waals surface area contributed by atoms with E-state index < -0.39 is 0 Å². The summed E-state index contributed by atoms with van der Waals surface area (Å²) in [7, 11) is 0. The van der Waals surface area contributed by atoms with Gasteiger partial charge in [-0.3, -0.25) is 0 Å². The molecule has 0 saturated heterocycles. The summed E-state index contributed by atoms with van der Waals surface area (Å²) in [4.78, 5) is 4.37. The lowest BCUT2D eigenvalue weighted by molar-refractivity contribution is 0.436. The first-order chi connectivity index (χ1) is 7.36. The van der Waals surface area contributed by atoms with E-state index in [0.29, 0.717) is 0 Å². The van der Waals surface area contributed by atoms with Crippen LogP contribution in [0.1, 0.15) is 58.1 Å². The summed E-state index contributed by atoms with van der Waals surface area (Å²) in [6.07, 6.45) is 9.40. The average Bonchev–Trinajstić information content (AvgIpc) is 2.75. The molecule has 15 heavy (non-hydrogen) atoms. The van der Waals surface area contributed by atoms with E-state index in [1.807, 2.05) is 5.51 Å². The van der Waals surface area contributed by atoms with Crippen LogP contribution in [-0.4, -0.2) is 4.98 Å². The lowest BCUT2D eigenvalue weighted by Gasteiger charge is -2.12. The standard InChI is InChI=1S/C13H23NS/c1-3-5-6-7-8-12(4-2)9-13-10-15-11-14-13/h10-12H,3-9H2,1-2H3. The highest BCUT2D eigenvalue weighted by Crippen LogP contribution is 2.19. The minimum Gasteiger partial charge on any atom is -0.250 e. The SMILES string of the molecule is CCCCCCC(CC)Cc1cscn1. The van der Waals surface area contributed by atoms with Crippen molar-refractivity contribution in [1.29, 1.82) is 0 Å². The number of unbranched alkanes of at least 4 members (excludes halogenated alkanes) is 3. The van der Waals surface area contributed by atoms with E-state index in [4.69, 9.17) is 0 Å². The van der Waals surface area contributed by atoms with Crippen molar-refractivity contribution in [3.05, 3.63) is 16.6 Å². The van der Waals surface area contributed by atoms with Gasteiger partial charge in [0.1, 0.15) is 0 Å². The molecule has 0 radical (unpaired) electrons. The lowest BCUT2D eigenvalue weighted by atomic mass is 9.94. The third kappa shape index (κ3) is 5.31. The maximum atomic E-state index is 4.37. The molecule has 0 fully saturated rings. The summed E-state index contributed by atoms with van der Waals surface area (Å²) in [6.45, 7) is 4.57. The second-order valence-electron chi connectivity index (χ2n) is 4.31. The normalized spacial score (nSPS) is 12.9. The highest BCUT2D eigenvalue weighted by molar-refractivity contribution is 7.07. The van der Waals surface area contributed by atoms with Crippen molar-refractivity contribution >= 4 is 11.3 Å². The zero-order valence-corrected chi connectivity index (χ0v) is 10.9. The van der Waals surface area contributed by atoms with Crippen molar-refractivity contribution in [2.75, 3.05) is 0 Å². The van der Waals surface area contributed by atoms with Crippen LogP contribution in [0.2, 0.25) is 0 Å². The lowest BCUT2D eigenvalue weighted by Crippen LogP contribution is -2.03. The highest BCUT2D eigenvalue weighted by Gasteiger charge is 2.08. The average molecular weight is 225 g/mol. The molecule has 0 aliphatic rings. The van der Waals surface area contributed by atoms with Crippen molar-refractivity contribution in [1.82, 2.24) is 4.98 Å². The Labute approximate surface area is 97.9 Å². The Kier molecular flexibility index (Phi) is 6.66. The van der Waals surface area contributed by atoms with Crippen molar-refractivity contribution in [2.24, 2.45) is 5.92 Å². The monoisotopic (exact) mass is 225 g/mol. The van der Waals surface area contributed by atoms with Crippen LogP contribution in [0, 0.1) is 5.92 Å². The number of aromatic nitrogens is 1. The largest absolute Gasteiger partial charge is 0.250 e. The Balaban J connectivity index is 2.18. The van der Waals surface area contributed by atoms with Gasteiger partial charge in [-0.2, -0.15) is 0 Å². The quantitative estimate of drug-likeness (QED) is 0.585. The maximum absolute atomic E-state index is 4.37. The van der Waals surface area contributed by atoms with Gasteiger partial charge in [-0.05, 0) is 12.3 Å². The van der Waals surface area contributed by atoms with Crippen LogP contribution in [0.15, 0.2) is 10.9 Å². The number of hydrogen-bond acceptors (Lipinski definition) is 2. The number of thiazole rings is 1. The highest BCUT2D eigenvalue weighted by atomic mass is 32.1. The van der Waals surface area contributed by atoms with Crippen molar-refractivity contribution < 1.29 is 0 Å². The third-order valence-corrected chi connectivity index (χ3v) is 3.66. The zero-order chi connectivity index (χ0) is 10.9. The van der Waals surface area contributed by atoms with Gasteiger partial charge in [0.25, 0.3) is 0 Å². The molecule has 0 amide bonds. The van der Waals surface area contributed by atoms with Gasteiger partial charge in [0, 0.05) is 5.38 Å². The molecule has 0 aliphatic heterocycles. The van der Waals surface area contributed by atoms with Crippen LogP contribution in [0.25, 0.3) is 0 Å². The summed E-state index contributed by atoms with van der Waals surface area (Å²) in [5.41, 5.74) is 3.24. The third-order valence-electron chi connectivity index (χ3n) is 3.02. The van der Waals surface area contributed by atoms with Crippen LogP contribution in [-0.2, 0) is 6.42 Å². The number of nitrogens with zero attached hydrogens (tertiary/aromatic N) is 1. The minimum atomic E-state index is 0.851. The molecule has 0 aromatic carbocycles. The van der Waals surface area contributed by atoms with E-state index in [1.165, 1.54) is 50.6 Å². The first-order valence-electron chi connectivity index (χ1n) is 6.23. The smallest absolute Gasteiger partial charge is 0.0794 e.